The Morgan fingerprint density at radius 3 is 2.20 bits per heavy atom. The second-order valence-corrected chi connectivity index (χ2v) is 5.41. The molecule has 0 aliphatic rings. The molecule has 0 heterocycles. The number of nitrogens with one attached hydrogen (secondary N) is 1. The van der Waals surface area contributed by atoms with E-state index in [1.54, 1.807) is 0 Å². The fourth-order valence-corrected chi connectivity index (χ4v) is 3.13. The molecule has 0 saturated carbocycles. The molecule has 2 heteroatoms. The zero-order chi connectivity index (χ0) is 14.8. The van der Waals surface area contributed by atoms with Crippen LogP contribution in [-0.4, -0.2) is 25.8 Å². The van der Waals surface area contributed by atoms with Crippen molar-refractivity contribution in [3.05, 3.63) is 35.9 Å². The fourth-order valence-electron chi connectivity index (χ4n) is 3.13. The fraction of sp³-hybridized carbons (Fsp3) is 0.667. The van der Waals surface area contributed by atoms with Gasteiger partial charge >= 0.3 is 0 Å². The zero-order valence-corrected chi connectivity index (χ0v) is 13.6. The van der Waals surface area contributed by atoms with Gasteiger partial charge in [0.1, 0.15) is 0 Å². The largest absolute Gasteiger partial charge is 0.380 e. The molecular formula is C18H31NO. The van der Waals surface area contributed by atoms with E-state index in [1.165, 1.54) is 5.56 Å². The molecule has 2 nitrogen and oxygen atoms in total. The van der Waals surface area contributed by atoms with Crippen molar-refractivity contribution in [3.8, 4) is 0 Å². The molecule has 1 unspecified atom stereocenters. The van der Waals surface area contributed by atoms with E-state index < -0.39 is 0 Å². The lowest BCUT2D eigenvalue weighted by Crippen LogP contribution is -2.50. The summed E-state index contributed by atoms with van der Waals surface area (Å²) in [6.45, 7) is 11.5. The van der Waals surface area contributed by atoms with Gasteiger partial charge in [0.2, 0.25) is 0 Å². The molecule has 0 aliphatic carbocycles. The highest BCUT2D eigenvalue weighted by atomic mass is 16.5. The molecule has 1 aromatic rings. The van der Waals surface area contributed by atoms with Gasteiger partial charge in [-0.15, -0.1) is 0 Å². The summed E-state index contributed by atoms with van der Waals surface area (Å²) in [4.78, 5) is 0. The van der Waals surface area contributed by atoms with E-state index in [0.717, 1.165) is 39.0 Å². The second kappa shape index (κ2) is 9.15. The quantitative estimate of drug-likeness (QED) is 0.649. The molecule has 0 bridgehead atoms. The van der Waals surface area contributed by atoms with Crippen LogP contribution in [0.5, 0.6) is 0 Å². The Morgan fingerprint density at radius 1 is 1.05 bits per heavy atom. The molecule has 1 atom stereocenters. The Kier molecular flexibility index (Phi) is 7.86. The van der Waals surface area contributed by atoms with Crippen LogP contribution < -0.4 is 5.32 Å². The van der Waals surface area contributed by atoms with Crippen LogP contribution in [0.1, 0.15) is 52.5 Å². The van der Waals surface area contributed by atoms with Crippen LogP contribution in [0.2, 0.25) is 0 Å². The third kappa shape index (κ3) is 4.07. The molecular weight excluding hydrogens is 246 g/mol. The lowest BCUT2D eigenvalue weighted by Gasteiger charge is -2.40. The van der Waals surface area contributed by atoms with Gasteiger partial charge in [0.05, 0.1) is 6.61 Å². The van der Waals surface area contributed by atoms with Gasteiger partial charge < -0.3 is 10.1 Å². The van der Waals surface area contributed by atoms with Gasteiger partial charge in [-0.25, -0.2) is 0 Å². The van der Waals surface area contributed by atoms with Gasteiger partial charge in [-0.3, -0.25) is 0 Å². The minimum Gasteiger partial charge on any atom is -0.380 e. The first kappa shape index (κ1) is 17.2. The summed E-state index contributed by atoms with van der Waals surface area (Å²) in [5.41, 5.74) is 1.58. The Balaban J connectivity index is 2.99. The number of ether oxygens (including phenoxy) is 1. The summed E-state index contributed by atoms with van der Waals surface area (Å²) in [6, 6.07) is 11.3. The normalized spacial score (nSPS) is 13.4. The van der Waals surface area contributed by atoms with Crippen molar-refractivity contribution < 1.29 is 4.74 Å². The topological polar surface area (TPSA) is 21.3 Å². The van der Waals surface area contributed by atoms with Gasteiger partial charge in [-0.05, 0) is 31.4 Å². The minimum atomic E-state index is 0.158. The molecule has 0 saturated heterocycles. The maximum Gasteiger partial charge on any atom is 0.0628 e. The van der Waals surface area contributed by atoms with Crippen LogP contribution in [0, 0.1) is 0 Å². The van der Waals surface area contributed by atoms with E-state index in [4.69, 9.17) is 4.74 Å². The third-order valence-corrected chi connectivity index (χ3v) is 4.36. The minimum absolute atomic E-state index is 0.158. The summed E-state index contributed by atoms with van der Waals surface area (Å²) in [7, 11) is 0. The SMILES string of the molecule is CCCOCC(NCC)C(CC)(CC)c1ccccc1. The van der Waals surface area contributed by atoms with Gasteiger partial charge in [-0.1, -0.05) is 58.0 Å². The molecule has 0 aliphatic heterocycles. The predicted molar refractivity (Wildman–Crippen MR) is 87.3 cm³/mol. The molecule has 1 rings (SSSR count). The Morgan fingerprint density at radius 2 is 1.70 bits per heavy atom. The molecule has 20 heavy (non-hydrogen) atoms. The monoisotopic (exact) mass is 277 g/mol. The lowest BCUT2D eigenvalue weighted by molar-refractivity contribution is 0.0805. The second-order valence-electron chi connectivity index (χ2n) is 5.41. The van der Waals surface area contributed by atoms with E-state index in [0.29, 0.717) is 6.04 Å². The summed E-state index contributed by atoms with van der Waals surface area (Å²) in [5.74, 6) is 0. The zero-order valence-electron chi connectivity index (χ0n) is 13.6. The standard InChI is InChI=1S/C18H31NO/c1-5-14-20-15-17(19-8-4)18(6-2,7-3)16-12-10-9-11-13-16/h9-13,17,19H,5-8,14-15H2,1-4H3. The smallest absolute Gasteiger partial charge is 0.0628 e. The molecule has 0 radical (unpaired) electrons. The first-order valence-electron chi connectivity index (χ1n) is 8.11. The summed E-state index contributed by atoms with van der Waals surface area (Å²) < 4.78 is 5.87. The molecule has 114 valence electrons. The van der Waals surface area contributed by atoms with Crippen molar-refractivity contribution >= 4 is 0 Å². The van der Waals surface area contributed by atoms with Crippen molar-refractivity contribution in [3.63, 3.8) is 0 Å². The van der Waals surface area contributed by atoms with Crippen molar-refractivity contribution in [1.29, 1.82) is 0 Å². The van der Waals surface area contributed by atoms with Crippen LogP contribution in [-0.2, 0) is 10.2 Å². The van der Waals surface area contributed by atoms with Gasteiger partial charge in [0.15, 0.2) is 0 Å². The van der Waals surface area contributed by atoms with Crippen molar-refractivity contribution in [1.82, 2.24) is 5.32 Å². The van der Waals surface area contributed by atoms with Gasteiger partial charge in [0, 0.05) is 18.1 Å². The van der Waals surface area contributed by atoms with Gasteiger partial charge in [-0.2, -0.15) is 0 Å². The molecule has 0 amide bonds. The average Bonchev–Trinajstić information content (AvgIpc) is 2.50. The Hall–Kier alpha value is -0.860. The maximum absolute atomic E-state index is 5.87. The third-order valence-electron chi connectivity index (χ3n) is 4.36. The molecule has 1 N–H and O–H groups in total. The predicted octanol–water partition coefficient (Wildman–Crippen LogP) is 4.15. The average molecular weight is 277 g/mol. The van der Waals surface area contributed by atoms with Crippen molar-refractivity contribution in [2.24, 2.45) is 0 Å². The highest BCUT2D eigenvalue weighted by molar-refractivity contribution is 5.27. The molecule has 1 aromatic carbocycles. The maximum atomic E-state index is 5.87. The van der Waals surface area contributed by atoms with E-state index in [9.17, 15) is 0 Å². The summed E-state index contributed by atoms with van der Waals surface area (Å²) in [5, 5.41) is 3.66. The van der Waals surface area contributed by atoms with E-state index >= 15 is 0 Å². The van der Waals surface area contributed by atoms with Crippen molar-refractivity contribution in [2.45, 2.75) is 58.4 Å². The van der Waals surface area contributed by atoms with E-state index in [2.05, 4.69) is 63.3 Å². The molecule has 0 aromatic heterocycles. The number of hydrogen-bond donors (Lipinski definition) is 1. The highest BCUT2D eigenvalue weighted by Gasteiger charge is 2.36. The van der Waals surface area contributed by atoms with E-state index in [1.807, 2.05) is 0 Å². The van der Waals surface area contributed by atoms with E-state index in [-0.39, 0.29) is 5.41 Å². The number of rotatable bonds is 10. The van der Waals surface area contributed by atoms with Crippen LogP contribution in [0.3, 0.4) is 0 Å². The lowest BCUT2D eigenvalue weighted by atomic mass is 9.70. The number of hydrogen-bond acceptors (Lipinski definition) is 2. The number of benzene rings is 1. The van der Waals surface area contributed by atoms with Crippen LogP contribution in [0.25, 0.3) is 0 Å². The van der Waals surface area contributed by atoms with Crippen LogP contribution >= 0.6 is 0 Å². The summed E-state index contributed by atoms with van der Waals surface area (Å²) >= 11 is 0. The van der Waals surface area contributed by atoms with Crippen molar-refractivity contribution in [2.75, 3.05) is 19.8 Å². The highest BCUT2D eigenvalue weighted by Crippen LogP contribution is 2.35. The Bertz CT molecular complexity index is 346. The first-order chi connectivity index (χ1) is 9.75. The molecule has 0 spiro atoms. The van der Waals surface area contributed by atoms with Crippen LogP contribution in [0.15, 0.2) is 30.3 Å². The van der Waals surface area contributed by atoms with Crippen LogP contribution in [0.4, 0.5) is 0 Å². The summed E-state index contributed by atoms with van der Waals surface area (Å²) in [6.07, 6.45) is 3.33. The first-order valence-corrected chi connectivity index (χ1v) is 8.11. The van der Waals surface area contributed by atoms with Gasteiger partial charge in [0.25, 0.3) is 0 Å². The Labute approximate surface area is 124 Å². The number of likely N-dealkylation sites (N-methyl/N-ethyl adjacent to an activating group) is 1. The molecule has 0 fully saturated rings.